The van der Waals surface area contributed by atoms with E-state index in [-0.39, 0.29) is 18.5 Å². The van der Waals surface area contributed by atoms with E-state index in [0.717, 1.165) is 12.8 Å². The molecule has 0 radical (unpaired) electrons. The van der Waals surface area contributed by atoms with Crippen LogP contribution in [0.5, 0.6) is 0 Å². The number of amides is 4. The van der Waals surface area contributed by atoms with E-state index in [0.29, 0.717) is 11.1 Å². The van der Waals surface area contributed by atoms with Crippen LogP contribution in [-0.2, 0) is 15.1 Å². The zero-order valence-corrected chi connectivity index (χ0v) is 13.0. The van der Waals surface area contributed by atoms with Crippen LogP contribution >= 0.6 is 0 Å². The molecule has 1 atom stereocenters. The molecule has 24 heavy (non-hydrogen) atoms. The summed E-state index contributed by atoms with van der Waals surface area (Å²) < 4.78 is 0. The van der Waals surface area contributed by atoms with Gasteiger partial charge < -0.3 is 15.3 Å². The molecule has 8 nitrogen and oxygen atoms in total. The van der Waals surface area contributed by atoms with Gasteiger partial charge in [-0.3, -0.25) is 19.7 Å². The predicted molar refractivity (Wildman–Crippen MR) is 82.2 cm³/mol. The fourth-order valence-corrected chi connectivity index (χ4v) is 2.76. The monoisotopic (exact) mass is 331 g/mol. The Morgan fingerprint density at radius 2 is 1.88 bits per heavy atom. The predicted octanol–water partition coefficient (Wildman–Crippen LogP) is 0.430. The Bertz CT molecular complexity index is 726. The van der Waals surface area contributed by atoms with Crippen molar-refractivity contribution in [3.8, 4) is 0 Å². The summed E-state index contributed by atoms with van der Waals surface area (Å²) in [6, 6.07) is 5.67. The number of nitrogens with zero attached hydrogens (tertiary/aromatic N) is 1. The van der Waals surface area contributed by atoms with Crippen LogP contribution in [0.15, 0.2) is 24.3 Å². The van der Waals surface area contributed by atoms with Crippen LogP contribution in [0, 0.1) is 0 Å². The standard InChI is InChI=1S/C16H17N3O5/c1-16(14(23)17-15(24)18-16)10-4-2-9(3-5-10)13(22)19(8-12(20)21)11-6-7-11/h2-5,11H,6-8H2,1H3,(H,20,21)(H2,17,18,23,24)/t16-/m1/s1. The van der Waals surface area contributed by atoms with Gasteiger partial charge in [0.2, 0.25) is 0 Å². The molecule has 0 aromatic heterocycles. The summed E-state index contributed by atoms with van der Waals surface area (Å²) in [7, 11) is 0. The summed E-state index contributed by atoms with van der Waals surface area (Å²) in [4.78, 5) is 48.0. The highest BCUT2D eigenvalue weighted by molar-refractivity contribution is 6.07. The van der Waals surface area contributed by atoms with Crippen LogP contribution in [0.25, 0.3) is 0 Å². The second-order valence-corrected chi connectivity index (χ2v) is 6.17. The van der Waals surface area contributed by atoms with Gasteiger partial charge in [-0.1, -0.05) is 12.1 Å². The summed E-state index contributed by atoms with van der Waals surface area (Å²) >= 11 is 0. The zero-order valence-electron chi connectivity index (χ0n) is 13.0. The molecule has 0 spiro atoms. The smallest absolute Gasteiger partial charge is 0.323 e. The van der Waals surface area contributed by atoms with E-state index in [1.54, 1.807) is 19.1 Å². The third-order valence-corrected chi connectivity index (χ3v) is 4.31. The fourth-order valence-electron chi connectivity index (χ4n) is 2.76. The topological polar surface area (TPSA) is 116 Å². The Balaban J connectivity index is 1.81. The molecular formula is C16H17N3O5. The zero-order chi connectivity index (χ0) is 17.5. The Morgan fingerprint density at radius 1 is 1.25 bits per heavy atom. The molecule has 1 saturated carbocycles. The number of carboxylic acids is 1. The first-order valence-electron chi connectivity index (χ1n) is 7.58. The molecule has 2 aliphatic rings. The minimum absolute atomic E-state index is 0.0225. The second-order valence-electron chi connectivity index (χ2n) is 6.17. The number of carbonyl (C=O) groups excluding carboxylic acids is 3. The maximum absolute atomic E-state index is 12.5. The lowest BCUT2D eigenvalue weighted by atomic mass is 9.91. The van der Waals surface area contributed by atoms with Crippen molar-refractivity contribution in [3.63, 3.8) is 0 Å². The van der Waals surface area contributed by atoms with E-state index < -0.39 is 23.4 Å². The lowest BCUT2D eigenvalue weighted by molar-refractivity contribution is -0.137. The number of hydrogen-bond acceptors (Lipinski definition) is 4. The number of carbonyl (C=O) groups is 4. The maximum Gasteiger partial charge on any atom is 0.323 e. The molecule has 2 fully saturated rings. The fraction of sp³-hybridized carbons (Fsp3) is 0.375. The molecular weight excluding hydrogens is 314 g/mol. The first-order chi connectivity index (χ1) is 11.3. The lowest BCUT2D eigenvalue weighted by Gasteiger charge is -2.23. The molecule has 1 heterocycles. The molecule has 1 aromatic carbocycles. The van der Waals surface area contributed by atoms with E-state index >= 15 is 0 Å². The highest BCUT2D eigenvalue weighted by Gasteiger charge is 2.43. The van der Waals surface area contributed by atoms with Crippen LogP contribution in [-0.4, -0.2) is 46.4 Å². The quantitative estimate of drug-likeness (QED) is 0.677. The molecule has 1 aromatic rings. The maximum atomic E-state index is 12.5. The van der Waals surface area contributed by atoms with Gasteiger partial charge in [0.1, 0.15) is 12.1 Å². The molecule has 8 heteroatoms. The third kappa shape index (κ3) is 2.82. The van der Waals surface area contributed by atoms with E-state index in [1.165, 1.54) is 17.0 Å². The number of urea groups is 1. The van der Waals surface area contributed by atoms with Crippen LogP contribution in [0.3, 0.4) is 0 Å². The van der Waals surface area contributed by atoms with Crippen molar-refractivity contribution in [2.24, 2.45) is 0 Å². The summed E-state index contributed by atoms with van der Waals surface area (Å²) in [5.41, 5.74) is -0.297. The van der Waals surface area contributed by atoms with E-state index in [2.05, 4.69) is 10.6 Å². The molecule has 1 aliphatic carbocycles. The normalized spacial score (nSPS) is 22.7. The van der Waals surface area contributed by atoms with Gasteiger partial charge in [-0.2, -0.15) is 0 Å². The SMILES string of the molecule is C[C@]1(c2ccc(C(=O)N(CC(=O)O)C3CC3)cc2)NC(=O)NC1=O. The lowest BCUT2D eigenvalue weighted by Crippen LogP contribution is -2.40. The van der Waals surface area contributed by atoms with Gasteiger partial charge in [-0.25, -0.2) is 4.79 Å². The summed E-state index contributed by atoms with van der Waals surface area (Å²) in [6.07, 6.45) is 1.61. The Hall–Kier alpha value is -2.90. The first kappa shape index (κ1) is 16.0. The molecule has 4 amide bonds. The Morgan fingerprint density at radius 3 is 2.33 bits per heavy atom. The van der Waals surface area contributed by atoms with Crippen LogP contribution in [0.2, 0.25) is 0 Å². The largest absolute Gasteiger partial charge is 0.480 e. The van der Waals surface area contributed by atoms with Gasteiger partial charge in [-0.05, 0) is 37.5 Å². The number of imide groups is 1. The molecule has 0 unspecified atom stereocenters. The summed E-state index contributed by atoms with van der Waals surface area (Å²) in [5, 5.41) is 13.7. The van der Waals surface area contributed by atoms with Gasteiger partial charge in [0.25, 0.3) is 11.8 Å². The van der Waals surface area contributed by atoms with Gasteiger partial charge in [0.15, 0.2) is 0 Å². The second kappa shape index (κ2) is 5.63. The van der Waals surface area contributed by atoms with Crippen molar-refractivity contribution in [1.82, 2.24) is 15.5 Å². The Labute approximate surface area is 137 Å². The van der Waals surface area contributed by atoms with Crippen molar-refractivity contribution >= 4 is 23.8 Å². The minimum atomic E-state index is -1.18. The molecule has 1 saturated heterocycles. The summed E-state index contributed by atoms with van der Waals surface area (Å²) in [6.45, 7) is 1.24. The number of benzene rings is 1. The molecule has 126 valence electrons. The molecule has 1 aliphatic heterocycles. The molecule has 0 bridgehead atoms. The highest BCUT2D eigenvalue weighted by Crippen LogP contribution is 2.29. The van der Waals surface area contributed by atoms with Crippen LogP contribution < -0.4 is 10.6 Å². The number of carboxylic acid groups (broad SMARTS) is 1. The van der Waals surface area contributed by atoms with Crippen molar-refractivity contribution < 1.29 is 24.3 Å². The number of rotatable bonds is 5. The van der Waals surface area contributed by atoms with Gasteiger partial charge in [0, 0.05) is 11.6 Å². The van der Waals surface area contributed by atoms with Crippen LogP contribution in [0.4, 0.5) is 4.79 Å². The van der Waals surface area contributed by atoms with E-state index in [9.17, 15) is 19.2 Å². The van der Waals surface area contributed by atoms with E-state index in [4.69, 9.17) is 5.11 Å². The Kier molecular flexibility index (Phi) is 3.75. The highest BCUT2D eigenvalue weighted by atomic mass is 16.4. The van der Waals surface area contributed by atoms with Crippen molar-refractivity contribution in [2.45, 2.75) is 31.3 Å². The average molecular weight is 331 g/mol. The van der Waals surface area contributed by atoms with E-state index in [1.807, 2.05) is 0 Å². The number of nitrogens with one attached hydrogen (secondary N) is 2. The minimum Gasteiger partial charge on any atom is -0.480 e. The first-order valence-corrected chi connectivity index (χ1v) is 7.58. The van der Waals surface area contributed by atoms with Gasteiger partial charge in [-0.15, -0.1) is 0 Å². The average Bonchev–Trinajstić information content (AvgIpc) is 3.32. The van der Waals surface area contributed by atoms with Crippen molar-refractivity contribution in [3.05, 3.63) is 35.4 Å². The van der Waals surface area contributed by atoms with Crippen molar-refractivity contribution in [2.75, 3.05) is 6.54 Å². The van der Waals surface area contributed by atoms with Crippen molar-refractivity contribution in [1.29, 1.82) is 0 Å². The van der Waals surface area contributed by atoms with Crippen LogP contribution in [0.1, 0.15) is 35.7 Å². The van der Waals surface area contributed by atoms with Gasteiger partial charge in [0.05, 0.1) is 0 Å². The summed E-state index contributed by atoms with van der Waals surface area (Å²) in [5.74, 6) is -1.86. The number of hydrogen-bond donors (Lipinski definition) is 3. The molecule has 3 rings (SSSR count). The number of aliphatic carboxylic acids is 1. The third-order valence-electron chi connectivity index (χ3n) is 4.31. The van der Waals surface area contributed by atoms with Gasteiger partial charge >= 0.3 is 12.0 Å². The molecule has 3 N–H and O–H groups in total.